The smallest absolute Gasteiger partial charge is 1.00 e. The first-order valence-electron chi connectivity index (χ1n) is 19.2. The van der Waals surface area contributed by atoms with Crippen molar-refractivity contribution in [1.29, 1.82) is 0 Å². The number of fused-ring (bicyclic) bond motifs is 7. The molecular weight excluding hydrogens is 779 g/mol. The molecule has 0 amide bonds. The van der Waals surface area contributed by atoms with E-state index in [0.29, 0.717) is 3.63 Å². The summed E-state index contributed by atoms with van der Waals surface area (Å²) in [6.45, 7) is 21.9. The Balaban J connectivity index is 0.00000240. The minimum atomic E-state index is -0.722. The van der Waals surface area contributed by atoms with E-state index in [-0.39, 0.29) is 41.6 Å². The van der Waals surface area contributed by atoms with Gasteiger partial charge in [0.25, 0.3) is 0 Å². The largest absolute Gasteiger partial charge is 1.00 e. The minimum Gasteiger partial charge on any atom is -1.00 e. The predicted molar refractivity (Wildman–Crippen MR) is 222 cm³/mol. The zero-order chi connectivity index (χ0) is 35.8. The number of halogens is 2. The second-order valence-corrected chi connectivity index (χ2v) is 32.5. The molecular formula is C49H52Cl2SiZr. The monoisotopic (exact) mass is 828 g/mol. The molecule has 0 aliphatic heterocycles. The molecule has 0 fully saturated rings. The molecule has 6 aromatic rings. The van der Waals surface area contributed by atoms with E-state index in [4.69, 9.17) is 0 Å². The molecule has 0 nitrogen and oxygen atoms in total. The van der Waals surface area contributed by atoms with Crippen LogP contribution in [0.5, 0.6) is 0 Å². The van der Waals surface area contributed by atoms with Crippen molar-refractivity contribution in [3.63, 3.8) is 0 Å². The number of benzene rings is 6. The van der Waals surface area contributed by atoms with Gasteiger partial charge in [0, 0.05) is 0 Å². The molecule has 6 aromatic carbocycles. The van der Waals surface area contributed by atoms with E-state index in [9.17, 15) is 0 Å². The maximum atomic E-state index is 2.67. The van der Waals surface area contributed by atoms with E-state index in [1.807, 2.05) is 0 Å². The molecule has 0 saturated carbocycles. The third-order valence-electron chi connectivity index (χ3n) is 11.4. The summed E-state index contributed by atoms with van der Waals surface area (Å²) in [6.07, 6.45) is 4.89. The molecule has 4 heteroatoms. The van der Waals surface area contributed by atoms with E-state index >= 15 is 0 Å². The van der Waals surface area contributed by atoms with Crippen LogP contribution in [-0.4, -0.2) is 5.92 Å². The molecule has 0 N–H and O–H groups in total. The van der Waals surface area contributed by atoms with Crippen LogP contribution in [0.1, 0.15) is 110 Å². The molecule has 53 heavy (non-hydrogen) atoms. The molecule has 0 spiro atoms. The van der Waals surface area contributed by atoms with Crippen LogP contribution in [-0.2, 0) is 33.2 Å². The Bertz CT molecular complexity index is 2370. The molecule has 0 bridgehead atoms. The van der Waals surface area contributed by atoms with E-state index in [1.54, 1.807) is 27.8 Å². The maximum absolute atomic E-state index is 2.67. The van der Waals surface area contributed by atoms with E-state index in [2.05, 4.69) is 171 Å². The average molecular weight is 831 g/mol. The molecule has 8 rings (SSSR count). The van der Waals surface area contributed by atoms with Gasteiger partial charge in [-0.1, -0.05) is 6.07 Å². The fourth-order valence-corrected chi connectivity index (χ4v) is 18.8. The van der Waals surface area contributed by atoms with Crippen molar-refractivity contribution >= 4 is 33.5 Å². The molecule has 2 atom stereocenters. The van der Waals surface area contributed by atoms with Gasteiger partial charge < -0.3 is 24.8 Å². The van der Waals surface area contributed by atoms with E-state index < -0.39 is 28.3 Å². The van der Waals surface area contributed by atoms with Gasteiger partial charge in [0.1, 0.15) is 0 Å². The first-order chi connectivity index (χ1) is 24.3. The second-order valence-electron chi connectivity index (χ2n) is 17.5. The summed E-state index contributed by atoms with van der Waals surface area (Å²) in [5.41, 5.74) is 18.3. The first kappa shape index (κ1) is 39.9. The van der Waals surface area contributed by atoms with E-state index in [0.717, 1.165) is 12.8 Å². The first-order valence-corrected chi connectivity index (χ1v) is 27.7. The van der Waals surface area contributed by atoms with Gasteiger partial charge in [-0.15, -0.1) is 0 Å². The standard InChI is InChI=1S/C47H45.C2H7Si.2ClH.Zr/c1-8-14-31-25-41-37(40-23-29-15-9-10-16-34(29)35-17-11-12-18-36(35)40)19-13-20-38(41)45(31)44-28-33(47(5,6)7)27-43-39-26-32(46(2,3)4)22-21-30(39)24-42(43)44;1-3-2;;;/h9-13,15-28,45H,8,14H2,1-7H3;3H,1-2H3;2*1H;/q;;;;+2/p-2. The Morgan fingerprint density at radius 3 is 1.92 bits per heavy atom. The Morgan fingerprint density at radius 2 is 1.25 bits per heavy atom. The van der Waals surface area contributed by atoms with Crippen molar-refractivity contribution in [2.45, 2.75) is 94.8 Å². The summed E-state index contributed by atoms with van der Waals surface area (Å²) in [7, 11) is 0. The molecule has 0 heterocycles. The molecule has 270 valence electrons. The second kappa shape index (κ2) is 15.1. The summed E-state index contributed by atoms with van der Waals surface area (Å²) >= 11 is -0.675. The van der Waals surface area contributed by atoms with Crippen LogP contribution in [0.3, 0.4) is 0 Å². The van der Waals surface area contributed by atoms with Gasteiger partial charge in [-0.25, -0.2) is 0 Å². The van der Waals surface area contributed by atoms with Gasteiger partial charge in [-0.05, 0) is 0 Å². The normalized spacial score (nSPS) is 16.1. The number of allylic oxidation sites excluding steroid dienone is 1. The zero-order valence-corrected chi connectivity index (χ0v) is 37.9. The van der Waals surface area contributed by atoms with Crippen molar-refractivity contribution in [3.05, 3.63) is 148 Å². The molecule has 0 radical (unpaired) electrons. The van der Waals surface area contributed by atoms with Gasteiger partial charge in [-0.3, -0.25) is 0 Å². The summed E-state index contributed by atoms with van der Waals surface area (Å²) in [6, 6.07) is 40.5. The Morgan fingerprint density at radius 1 is 0.585 bits per heavy atom. The fourth-order valence-electron chi connectivity index (χ4n) is 8.91. The minimum absolute atomic E-state index is 0. The summed E-state index contributed by atoms with van der Waals surface area (Å²) in [5, 5.41) is 5.32. The SMILES string of the molecule is CCCC1=Cc2c(-c3cc4ccccc4c4ccccc34)cccc2C1c1cc(C(C)(C)C)cc2c1[CH]([Zr+2][SiH](C)C)c1ccc(C(C)(C)C)cc1-2.[Cl-].[Cl-]. The van der Waals surface area contributed by atoms with E-state index in [1.165, 1.54) is 60.5 Å². The Labute approximate surface area is 342 Å². The van der Waals surface area contributed by atoms with Crippen LogP contribution in [0.15, 0.2) is 109 Å². The topological polar surface area (TPSA) is 0 Å². The third-order valence-corrected chi connectivity index (χ3v) is 21.3. The summed E-state index contributed by atoms with van der Waals surface area (Å²) in [5.74, 6) is -0.436. The van der Waals surface area contributed by atoms with Crippen molar-refractivity contribution in [2.24, 2.45) is 0 Å². The van der Waals surface area contributed by atoms with Crippen LogP contribution in [0, 0.1) is 0 Å². The quantitative estimate of drug-likeness (QED) is 0.119. The third kappa shape index (κ3) is 7.01. The van der Waals surface area contributed by atoms with Crippen molar-refractivity contribution < 1.29 is 47.2 Å². The van der Waals surface area contributed by atoms with Gasteiger partial charge in [-0.2, -0.15) is 0 Å². The van der Waals surface area contributed by atoms with Crippen LogP contribution >= 0.6 is 0 Å². The molecule has 2 aliphatic carbocycles. The van der Waals surface area contributed by atoms with Crippen molar-refractivity contribution in [2.75, 3.05) is 0 Å². The zero-order valence-electron chi connectivity index (χ0n) is 32.8. The van der Waals surface area contributed by atoms with Crippen LogP contribution < -0.4 is 24.8 Å². The Kier molecular flexibility index (Phi) is 11.4. The van der Waals surface area contributed by atoms with Gasteiger partial charge in [0.05, 0.1) is 0 Å². The van der Waals surface area contributed by atoms with Gasteiger partial charge in [0.15, 0.2) is 0 Å². The number of hydrogen-bond acceptors (Lipinski definition) is 0. The van der Waals surface area contributed by atoms with Crippen molar-refractivity contribution in [3.8, 4) is 22.3 Å². The molecule has 2 unspecified atom stereocenters. The van der Waals surface area contributed by atoms with Crippen LogP contribution in [0.4, 0.5) is 0 Å². The van der Waals surface area contributed by atoms with Gasteiger partial charge >= 0.3 is 315 Å². The molecule has 0 aromatic heterocycles. The summed E-state index contributed by atoms with van der Waals surface area (Å²) in [4.78, 5) is 0. The van der Waals surface area contributed by atoms with Crippen molar-refractivity contribution in [1.82, 2.24) is 0 Å². The fraction of sp³-hybridized carbons (Fsp3) is 0.306. The maximum Gasteiger partial charge on any atom is -1.00 e. The number of rotatable bonds is 6. The number of hydrogen-bond donors (Lipinski definition) is 0. The molecule has 0 saturated heterocycles. The molecule has 2 aliphatic rings. The Hall–Kier alpha value is -2.74. The van der Waals surface area contributed by atoms with Crippen LogP contribution in [0.25, 0.3) is 49.9 Å². The average Bonchev–Trinajstić information content (AvgIpc) is 3.61. The van der Waals surface area contributed by atoms with Gasteiger partial charge in [0.2, 0.25) is 0 Å². The van der Waals surface area contributed by atoms with Crippen LogP contribution in [0.2, 0.25) is 13.1 Å². The predicted octanol–water partition coefficient (Wildman–Crippen LogP) is 7.73. The summed E-state index contributed by atoms with van der Waals surface area (Å²) < 4.78 is 0.628.